The first-order valence-electron chi connectivity index (χ1n) is 6.66. The van der Waals surface area contributed by atoms with E-state index in [9.17, 15) is 0 Å². The lowest BCUT2D eigenvalue weighted by Gasteiger charge is -2.29. The number of rotatable bonds is 3. The summed E-state index contributed by atoms with van der Waals surface area (Å²) in [5.41, 5.74) is 2.34. The van der Waals surface area contributed by atoms with E-state index in [0.29, 0.717) is 0 Å². The molecule has 2 heterocycles. The molecule has 3 rings (SSSR count). The molecule has 0 saturated carbocycles. The summed E-state index contributed by atoms with van der Waals surface area (Å²) in [6.45, 7) is 4.23. The molecule has 19 heavy (non-hydrogen) atoms. The highest BCUT2D eigenvalue weighted by Gasteiger charge is 2.10. The van der Waals surface area contributed by atoms with Gasteiger partial charge in [-0.25, -0.2) is 4.98 Å². The monoisotopic (exact) mass is 254 g/mol. The van der Waals surface area contributed by atoms with E-state index in [4.69, 9.17) is 0 Å². The Bertz CT molecular complexity index is 521. The Balaban J connectivity index is 1.76. The maximum absolute atomic E-state index is 4.28. The lowest BCUT2D eigenvalue weighted by molar-refractivity contribution is 0.589. The van der Waals surface area contributed by atoms with Crippen LogP contribution in [0, 0.1) is 0 Å². The van der Waals surface area contributed by atoms with Gasteiger partial charge >= 0.3 is 0 Å². The van der Waals surface area contributed by atoms with Gasteiger partial charge in [-0.05, 0) is 30.3 Å². The number of nitrogens with zero attached hydrogens (tertiary/aromatic N) is 2. The summed E-state index contributed by atoms with van der Waals surface area (Å²) in [7, 11) is 0. The molecule has 0 amide bonds. The van der Waals surface area contributed by atoms with Gasteiger partial charge in [0, 0.05) is 43.8 Å². The number of hydrogen-bond acceptors (Lipinski definition) is 4. The molecule has 0 spiro atoms. The molecule has 4 nitrogen and oxygen atoms in total. The molecule has 0 bridgehead atoms. The second-order valence-corrected chi connectivity index (χ2v) is 4.63. The van der Waals surface area contributed by atoms with E-state index in [1.54, 1.807) is 6.20 Å². The average Bonchev–Trinajstić information content (AvgIpc) is 2.49. The summed E-state index contributed by atoms with van der Waals surface area (Å²) >= 11 is 0. The van der Waals surface area contributed by atoms with Crippen molar-refractivity contribution in [2.45, 2.75) is 0 Å². The van der Waals surface area contributed by atoms with Crippen LogP contribution in [0.1, 0.15) is 0 Å². The molecule has 2 aromatic rings. The van der Waals surface area contributed by atoms with Gasteiger partial charge in [0.15, 0.2) is 0 Å². The van der Waals surface area contributed by atoms with Crippen molar-refractivity contribution in [3.63, 3.8) is 0 Å². The molecule has 0 aliphatic carbocycles. The molecule has 98 valence electrons. The Morgan fingerprint density at radius 2 is 1.95 bits per heavy atom. The van der Waals surface area contributed by atoms with E-state index in [2.05, 4.69) is 44.8 Å². The Morgan fingerprint density at radius 3 is 2.74 bits per heavy atom. The molecule has 1 aromatic heterocycles. The van der Waals surface area contributed by atoms with E-state index in [-0.39, 0.29) is 0 Å². The quantitative estimate of drug-likeness (QED) is 0.881. The number of pyridine rings is 1. The Morgan fingerprint density at radius 1 is 1.05 bits per heavy atom. The smallest absolute Gasteiger partial charge is 0.130 e. The fraction of sp³-hybridized carbons (Fsp3) is 0.267. The third-order valence-electron chi connectivity index (χ3n) is 3.27. The summed E-state index contributed by atoms with van der Waals surface area (Å²) in [6.07, 6.45) is 1.79. The van der Waals surface area contributed by atoms with Crippen molar-refractivity contribution in [2.24, 2.45) is 0 Å². The molecule has 4 heteroatoms. The molecule has 0 atom stereocenters. The standard InChI is InChI=1S/C15H18N4/c1-2-7-17-15(6-1)18-13-4-3-5-14(12-13)19-10-8-16-9-11-19/h1-7,12,16H,8-11H2,(H,17,18). The second-order valence-electron chi connectivity index (χ2n) is 4.63. The van der Waals surface area contributed by atoms with Crippen LogP contribution in [-0.4, -0.2) is 31.2 Å². The van der Waals surface area contributed by atoms with Gasteiger partial charge in [-0.1, -0.05) is 12.1 Å². The van der Waals surface area contributed by atoms with Crippen molar-refractivity contribution in [1.82, 2.24) is 10.3 Å². The highest BCUT2D eigenvalue weighted by atomic mass is 15.2. The minimum absolute atomic E-state index is 0.875. The van der Waals surface area contributed by atoms with Gasteiger partial charge in [-0.3, -0.25) is 0 Å². The first-order chi connectivity index (χ1) is 9.42. The van der Waals surface area contributed by atoms with Crippen LogP contribution < -0.4 is 15.5 Å². The summed E-state index contributed by atoms with van der Waals surface area (Å²) in [5, 5.41) is 6.70. The summed E-state index contributed by atoms with van der Waals surface area (Å²) in [4.78, 5) is 6.68. The van der Waals surface area contributed by atoms with E-state index in [1.165, 1.54) is 5.69 Å². The van der Waals surface area contributed by atoms with Gasteiger partial charge in [-0.15, -0.1) is 0 Å². The Labute approximate surface area is 113 Å². The SMILES string of the molecule is c1ccc(Nc2cccc(N3CCNCC3)c2)nc1. The predicted octanol–water partition coefficient (Wildman–Crippen LogP) is 2.23. The van der Waals surface area contributed by atoms with Crippen molar-refractivity contribution in [1.29, 1.82) is 0 Å². The van der Waals surface area contributed by atoms with Gasteiger partial charge in [0.1, 0.15) is 5.82 Å². The molecule has 2 N–H and O–H groups in total. The predicted molar refractivity (Wildman–Crippen MR) is 79.0 cm³/mol. The normalized spacial score (nSPS) is 15.3. The third-order valence-corrected chi connectivity index (χ3v) is 3.27. The second kappa shape index (κ2) is 5.71. The molecular formula is C15H18N4. The number of benzene rings is 1. The van der Waals surface area contributed by atoms with Crippen molar-refractivity contribution in [2.75, 3.05) is 36.4 Å². The van der Waals surface area contributed by atoms with Gasteiger partial charge in [0.05, 0.1) is 0 Å². The number of nitrogens with one attached hydrogen (secondary N) is 2. The van der Waals surface area contributed by atoms with E-state index >= 15 is 0 Å². The highest BCUT2D eigenvalue weighted by Crippen LogP contribution is 2.22. The molecule has 1 aromatic carbocycles. The third kappa shape index (κ3) is 3.03. The minimum Gasteiger partial charge on any atom is -0.369 e. The van der Waals surface area contributed by atoms with E-state index < -0.39 is 0 Å². The zero-order valence-electron chi connectivity index (χ0n) is 10.8. The minimum atomic E-state index is 0.875. The number of hydrogen-bond donors (Lipinski definition) is 2. The summed E-state index contributed by atoms with van der Waals surface area (Å²) < 4.78 is 0. The molecular weight excluding hydrogens is 236 g/mol. The first-order valence-corrected chi connectivity index (χ1v) is 6.66. The van der Waals surface area contributed by atoms with Crippen molar-refractivity contribution in [3.8, 4) is 0 Å². The largest absolute Gasteiger partial charge is 0.369 e. The van der Waals surface area contributed by atoms with Crippen LogP contribution in [0.4, 0.5) is 17.2 Å². The van der Waals surface area contributed by atoms with Crippen LogP contribution in [0.3, 0.4) is 0 Å². The molecule has 1 fully saturated rings. The summed E-state index contributed by atoms with van der Waals surface area (Å²) in [5.74, 6) is 0.875. The van der Waals surface area contributed by atoms with Crippen LogP contribution in [0.15, 0.2) is 48.7 Å². The lowest BCUT2D eigenvalue weighted by atomic mass is 10.2. The Hall–Kier alpha value is -2.07. The fourth-order valence-corrected chi connectivity index (χ4v) is 2.29. The van der Waals surface area contributed by atoms with Crippen molar-refractivity contribution < 1.29 is 0 Å². The zero-order valence-corrected chi connectivity index (χ0v) is 10.8. The Kier molecular flexibility index (Phi) is 3.61. The number of piperazine rings is 1. The average molecular weight is 254 g/mol. The zero-order chi connectivity index (χ0) is 12.9. The molecule has 1 aliphatic heterocycles. The first kappa shape index (κ1) is 12.0. The topological polar surface area (TPSA) is 40.2 Å². The van der Waals surface area contributed by atoms with Crippen LogP contribution >= 0.6 is 0 Å². The van der Waals surface area contributed by atoms with Gasteiger partial charge in [0.2, 0.25) is 0 Å². The summed E-state index contributed by atoms with van der Waals surface area (Å²) in [6, 6.07) is 14.4. The van der Waals surface area contributed by atoms with Gasteiger partial charge in [-0.2, -0.15) is 0 Å². The number of anilines is 3. The van der Waals surface area contributed by atoms with Crippen molar-refractivity contribution >= 4 is 17.2 Å². The number of aromatic nitrogens is 1. The van der Waals surface area contributed by atoms with E-state index in [1.807, 2.05) is 18.2 Å². The van der Waals surface area contributed by atoms with Gasteiger partial charge < -0.3 is 15.5 Å². The van der Waals surface area contributed by atoms with Crippen LogP contribution in [-0.2, 0) is 0 Å². The lowest BCUT2D eigenvalue weighted by Crippen LogP contribution is -2.43. The van der Waals surface area contributed by atoms with Crippen LogP contribution in [0.5, 0.6) is 0 Å². The maximum Gasteiger partial charge on any atom is 0.130 e. The molecule has 1 aliphatic rings. The van der Waals surface area contributed by atoms with Crippen LogP contribution in [0.25, 0.3) is 0 Å². The maximum atomic E-state index is 4.28. The molecule has 0 unspecified atom stereocenters. The molecule has 0 radical (unpaired) electrons. The van der Waals surface area contributed by atoms with Crippen LogP contribution in [0.2, 0.25) is 0 Å². The van der Waals surface area contributed by atoms with E-state index in [0.717, 1.165) is 37.7 Å². The fourth-order valence-electron chi connectivity index (χ4n) is 2.29. The molecule has 1 saturated heterocycles. The highest BCUT2D eigenvalue weighted by molar-refractivity contribution is 5.63. The van der Waals surface area contributed by atoms with Gasteiger partial charge in [0.25, 0.3) is 0 Å². The van der Waals surface area contributed by atoms with Crippen molar-refractivity contribution in [3.05, 3.63) is 48.7 Å².